The summed E-state index contributed by atoms with van der Waals surface area (Å²) in [5.41, 5.74) is 1.33. The van der Waals surface area contributed by atoms with Gasteiger partial charge in [-0.25, -0.2) is 0 Å². The van der Waals surface area contributed by atoms with Crippen molar-refractivity contribution >= 4 is 0 Å². The minimum atomic E-state index is -0.403. The van der Waals surface area contributed by atoms with E-state index in [0.717, 1.165) is 13.0 Å². The van der Waals surface area contributed by atoms with E-state index in [2.05, 4.69) is 43.0 Å². The van der Waals surface area contributed by atoms with Crippen LogP contribution in [0, 0.1) is 5.92 Å². The summed E-state index contributed by atoms with van der Waals surface area (Å²) in [5.74, 6) is 0.517. The van der Waals surface area contributed by atoms with E-state index in [9.17, 15) is 5.11 Å². The van der Waals surface area contributed by atoms with Crippen molar-refractivity contribution in [3.05, 3.63) is 35.9 Å². The normalized spacial score (nSPS) is 13.2. The summed E-state index contributed by atoms with van der Waals surface area (Å²) in [6.07, 6.45) is 0.608. The van der Waals surface area contributed by atoms with Gasteiger partial charge in [0.05, 0.1) is 12.7 Å². The van der Waals surface area contributed by atoms with Crippen molar-refractivity contribution < 1.29 is 9.84 Å². The summed E-state index contributed by atoms with van der Waals surface area (Å²) in [6.45, 7) is 6.96. The van der Waals surface area contributed by atoms with Gasteiger partial charge in [0, 0.05) is 19.7 Å². The first-order chi connectivity index (χ1) is 9.08. The molecular weight excluding hydrogens is 238 g/mol. The minimum absolute atomic E-state index is 0.403. The van der Waals surface area contributed by atoms with E-state index in [4.69, 9.17) is 4.74 Å². The Morgan fingerprint density at radius 3 is 2.47 bits per heavy atom. The molecule has 0 aliphatic rings. The van der Waals surface area contributed by atoms with Crippen molar-refractivity contribution in [3.63, 3.8) is 0 Å². The van der Waals surface area contributed by atoms with Gasteiger partial charge in [-0.2, -0.15) is 0 Å². The predicted molar refractivity (Wildman–Crippen MR) is 79.3 cm³/mol. The van der Waals surface area contributed by atoms with E-state index in [1.807, 2.05) is 13.1 Å². The zero-order valence-electron chi connectivity index (χ0n) is 12.4. The van der Waals surface area contributed by atoms with Gasteiger partial charge in [-0.1, -0.05) is 44.2 Å². The maximum Gasteiger partial charge on any atom is 0.0900 e. The summed E-state index contributed by atoms with van der Waals surface area (Å²) in [5, 5.41) is 9.86. The van der Waals surface area contributed by atoms with Gasteiger partial charge in [0.25, 0.3) is 0 Å². The molecule has 0 aliphatic heterocycles. The van der Waals surface area contributed by atoms with Crippen LogP contribution in [0.1, 0.15) is 19.4 Å². The van der Waals surface area contributed by atoms with E-state index >= 15 is 0 Å². The van der Waals surface area contributed by atoms with Crippen LogP contribution in [0.3, 0.4) is 0 Å². The van der Waals surface area contributed by atoms with Gasteiger partial charge in [0.15, 0.2) is 0 Å². The fourth-order valence-corrected chi connectivity index (χ4v) is 1.91. The van der Waals surface area contributed by atoms with Gasteiger partial charge in [-0.05, 0) is 24.9 Å². The lowest BCUT2D eigenvalue weighted by Gasteiger charge is -2.20. The summed E-state index contributed by atoms with van der Waals surface area (Å²) >= 11 is 0. The fourth-order valence-electron chi connectivity index (χ4n) is 1.91. The Morgan fingerprint density at radius 1 is 1.16 bits per heavy atom. The van der Waals surface area contributed by atoms with Gasteiger partial charge in [0.1, 0.15) is 0 Å². The van der Waals surface area contributed by atoms with Crippen LogP contribution < -0.4 is 0 Å². The SMILES string of the molecule is CC(C)COCC(O)CN(C)CCc1ccccc1. The van der Waals surface area contributed by atoms with Crippen molar-refractivity contribution in [2.24, 2.45) is 5.92 Å². The van der Waals surface area contributed by atoms with Crippen LogP contribution in [0.25, 0.3) is 0 Å². The van der Waals surface area contributed by atoms with Crippen molar-refractivity contribution in [1.29, 1.82) is 0 Å². The second-order valence-electron chi connectivity index (χ2n) is 5.58. The molecule has 0 aromatic heterocycles. The lowest BCUT2D eigenvalue weighted by Crippen LogP contribution is -2.33. The third-order valence-corrected chi connectivity index (χ3v) is 2.91. The lowest BCUT2D eigenvalue weighted by atomic mass is 10.1. The zero-order chi connectivity index (χ0) is 14.1. The smallest absolute Gasteiger partial charge is 0.0900 e. The number of hydrogen-bond acceptors (Lipinski definition) is 3. The molecule has 0 bridgehead atoms. The van der Waals surface area contributed by atoms with E-state index in [0.29, 0.717) is 25.7 Å². The molecule has 1 rings (SSSR count). The molecule has 0 spiro atoms. The molecule has 0 aliphatic carbocycles. The Hall–Kier alpha value is -0.900. The lowest BCUT2D eigenvalue weighted by molar-refractivity contribution is 0.0120. The summed E-state index contributed by atoms with van der Waals surface area (Å²) in [6, 6.07) is 10.4. The molecular formula is C16H27NO2. The molecule has 0 saturated carbocycles. The highest BCUT2D eigenvalue weighted by Crippen LogP contribution is 2.01. The number of hydrogen-bond donors (Lipinski definition) is 1. The standard InChI is InChI=1S/C16H27NO2/c1-14(2)12-19-13-16(18)11-17(3)10-9-15-7-5-4-6-8-15/h4-8,14,16,18H,9-13H2,1-3H3. The first-order valence-electron chi connectivity index (χ1n) is 7.06. The van der Waals surface area contributed by atoms with E-state index in [1.54, 1.807) is 0 Å². The van der Waals surface area contributed by atoms with Gasteiger partial charge in [0.2, 0.25) is 0 Å². The topological polar surface area (TPSA) is 32.7 Å². The summed E-state index contributed by atoms with van der Waals surface area (Å²) < 4.78 is 5.44. The van der Waals surface area contributed by atoms with Crippen molar-refractivity contribution in [3.8, 4) is 0 Å². The Kier molecular flexibility index (Phi) is 7.72. The zero-order valence-corrected chi connectivity index (χ0v) is 12.4. The number of ether oxygens (including phenoxy) is 1. The molecule has 1 aromatic carbocycles. The Balaban J connectivity index is 2.14. The monoisotopic (exact) mass is 265 g/mol. The molecule has 0 heterocycles. The maximum absolute atomic E-state index is 9.86. The molecule has 1 atom stereocenters. The molecule has 1 N–H and O–H groups in total. The summed E-state index contributed by atoms with van der Waals surface area (Å²) in [4.78, 5) is 2.15. The number of aliphatic hydroxyl groups is 1. The van der Waals surface area contributed by atoms with Crippen molar-refractivity contribution in [2.45, 2.75) is 26.4 Å². The number of nitrogens with zero attached hydrogens (tertiary/aromatic N) is 1. The maximum atomic E-state index is 9.86. The third-order valence-electron chi connectivity index (χ3n) is 2.91. The number of benzene rings is 1. The second-order valence-corrected chi connectivity index (χ2v) is 5.58. The molecule has 0 saturated heterocycles. The predicted octanol–water partition coefficient (Wildman–Crippen LogP) is 2.19. The van der Waals surface area contributed by atoms with E-state index in [1.165, 1.54) is 5.56 Å². The van der Waals surface area contributed by atoms with E-state index < -0.39 is 6.10 Å². The first kappa shape index (κ1) is 16.2. The Bertz CT molecular complexity index is 327. The van der Waals surface area contributed by atoms with Crippen LogP contribution in [0.15, 0.2) is 30.3 Å². The highest BCUT2D eigenvalue weighted by molar-refractivity contribution is 5.14. The average molecular weight is 265 g/mol. The molecule has 19 heavy (non-hydrogen) atoms. The van der Waals surface area contributed by atoms with Crippen LogP contribution in [-0.2, 0) is 11.2 Å². The van der Waals surface area contributed by atoms with Gasteiger partial charge < -0.3 is 14.7 Å². The Morgan fingerprint density at radius 2 is 1.84 bits per heavy atom. The molecule has 3 nitrogen and oxygen atoms in total. The molecule has 3 heteroatoms. The van der Waals surface area contributed by atoms with E-state index in [-0.39, 0.29) is 0 Å². The van der Waals surface area contributed by atoms with Crippen LogP contribution in [0.4, 0.5) is 0 Å². The van der Waals surface area contributed by atoms with Crippen molar-refractivity contribution in [1.82, 2.24) is 4.90 Å². The van der Waals surface area contributed by atoms with Crippen LogP contribution in [-0.4, -0.2) is 49.5 Å². The first-order valence-corrected chi connectivity index (χ1v) is 7.06. The number of rotatable bonds is 9. The molecule has 1 unspecified atom stereocenters. The fraction of sp³-hybridized carbons (Fsp3) is 0.625. The third kappa shape index (κ3) is 7.98. The number of aliphatic hydroxyl groups excluding tert-OH is 1. The molecule has 108 valence electrons. The molecule has 0 amide bonds. The molecule has 0 fully saturated rings. The average Bonchev–Trinajstić information content (AvgIpc) is 2.37. The highest BCUT2D eigenvalue weighted by atomic mass is 16.5. The Labute approximate surface area is 117 Å². The summed E-state index contributed by atoms with van der Waals surface area (Å²) in [7, 11) is 2.04. The van der Waals surface area contributed by atoms with Gasteiger partial charge in [-0.15, -0.1) is 0 Å². The van der Waals surface area contributed by atoms with Crippen LogP contribution >= 0.6 is 0 Å². The highest BCUT2D eigenvalue weighted by Gasteiger charge is 2.08. The quantitative estimate of drug-likeness (QED) is 0.743. The largest absolute Gasteiger partial charge is 0.389 e. The van der Waals surface area contributed by atoms with Gasteiger partial charge >= 0.3 is 0 Å². The van der Waals surface area contributed by atoms with Crippen LogP contribution in [0.5, 0.6) is 0 Å². The van der Waals surface area contributed by atoms with Gasteiger partial charge in [-0.3, -0.25) is 0 Å². The minimum Gasteiger partial charge on any atom is -0.389 e. The molecule has 0 radical (unpaired) electrons. The second kappa shape index (κ2) is 9.08. The molecule has 1 aromatic rings. The van der Waals surface area contributed by atoms with Crippen molar-refractivity contribution in [2.75, 3.05) is 33.4 Å². The number of likely N-dealkylation sites (N-methyl/N-ethyl adjacent to an activating group) is 1. The van der Waals surface area contributed by atoms with Crippen LogP contribution in [0.2, 0.25) is 0 Å².